The minimum Gasteiger partial charge on any atom is -0.394 e. The van der Waals surface area contributed by atoms with Crippen LogP contribution >= 0.6 is 0 Å². The lowest BCUT2D eigenvalue weighted by Gasteiger charge is -2.45. The van der Waals surface area contributed by atoms with Crippen molar-refractivity contribution < 1.29 is 36.4 Å². The molecule has 0 aliphatic carbocycles. The molecule has 0 aromatic rings. The molecule has 1 saturated heterocycles. The van der Waals surface area contributed by atoms with Crippen molar-refractivity contribution in [2.24, 2.45) is 0 Å². The molecule has 1 unspecified atom stereocenters. The number of unbranched alkanes of at least 4 members (excludes halogenated alkanes) is 8. The van der Waals surface area contributed by atoms with E-state index < -0.39 is 42.6 Å². The molecule has 0 aromatic heterocycles. The van der Waals surface area contributed by atoms with E-state index in [0.29, 0.717) is 13.3 Å². The lowest BCUT2D eigenvalue weighted by atomic mass is 9.79. The molecule has 1 fully saturated rings. The van der Waals surface area contributed by atoms with E-state index in [-0.39, 0.29) is 6.42 Å². The topological polar surface area (TPSA) is 127 Å². The molecule has 0 spiro atoms. The van der Waals surface area contributed by atoms with Crippen molar-refractivity contribution in [1.29, 1.82) is 0 Å². The quantitative estimate of drug-likeness (QED) is 0.322. The average molecular weight is 363 g/mol. The van der Waals surface area contributed by atoms with Gasteiger partial charge in [0, 0.05) is 7.79 Å². The summed E-state index contributed by atoms with van der Waals surface area (Å²) in [5.74, 6) is -0.756. The zero-order valence-electron chi connectivity index (χ0n) is 15.8. The molecule has 1 aliphatic rings. The molecular weight excluding hydrogens is 328 g/mol. The monoisotopic (exact) mass is 363 g/mol. The number of carbonyl (C=O) groups excluding carboxylic acids is 1. The highest BCUT2D eigenvalue weighted by atomic mass is 16.6. The van der Waals surface area contributed by atoms with Crippen molar-refractivity contribution in [1.82, 2.24) is 0 Å². The van der Waals surface area contributed by atoms with Crippen molar-refractivity contribution in [3.05, 3.63) is 0 Å². The Bertz CT molecular complexity index is 409. The van der Waals surface area contributed by atoms with Crippen LogP contribution in [0.15, 0.2) is 0 Å². The highest BCUT2D eigenvalue weighted by Gasteiger charge is 2.58. The number of hydrogen-bond donors (Lipinski definition) is 5. The van der Waals surface area contributed by atoms with Crippen LogP contribution in [0.4, 0.5) is 0 Å². The van der Waals surface area contributed by atoms with Crippen LogP contribution in [0.25, 0.3) is 0 Å². The van der Waals surface area contributed by atoms with Crippen molar-refractivity contribution in [2.75, 3.05) is 6.61 Å². The fourth-order valence-electron chi connectivity index (χ4n) is 3.20. The summed E-state index contributed by atoms with van der Waals surface area (Å²) in [5, 5.41) is 49.2. The van der Waals surface area contributed by atoms with Crippen LogP contribution in [0.1, 0.15) is 72.5 Å². The Balaban J connectivity index is 2.30. The summed E-state index contributed by atoms with van der Waals surface area (Å²) in [4.78, 5) is 12.3. The van der Waals surface area contributed by atoms with Gasteiger partial charge in [-0.2, -0.15) is 0 Å². The molecule has 7 nitrogen and oxygen atoms in total. The van der Waals surface area contributed by atoms with Gasteiger partial charge in [-0.3, -0.25) is 4.79 Å². The smallest absolute Gasteiger partial charge is 0.184 e. The normalized spacial score (nSPS) is 33.2. The number of ketones is 1. The minimum absolute atomic E-state index is 0.0288. The molecule has 5 N–H and O–H groups in total. The Morgan fingerprint density at radius 2 is 1.56 bits per heavy atom. The molecule has 0 bridgehead atoms. The van der Waals surface area contributed by atoms with Gasteiger partial charge in [-0.1, -0.05) is 58.3 Å². The standard InChI is InChI=1S/C18H34O7/c1-2-3-4-5-6-7-8-9-10-11-14(20)18(24)15(21)13(12-19)25-17(23)16(18)22/h13,15-17,19,21-24H,2-12H2,1H3/t13-,15-,16+,17?,18-/m1/s1/i1D. The predicted molar refractivity (Wildman–Crippen MR) is 91.8 cm³/mol. The molecule has 25 heavy (non-hydrogen) atoms. The summed E-state index contributed by atoms with van der Waals surface area (Å²) in [6.07, 6.45) is 1.83. The summed E-state index contributed by atoms with van der Waals surface area (Å²) >= 11 is 0. The molecule has 0 saturated carbocycles. The number of aliphatic hydroxyl groups excluding tert-OH is 4. The lowest BCUT2D eigenvalue weighted by molar-refractivity contribution is -0.311. The summed E-state index contributed by atoms with van der Waals surface area (Å²) in [6, 6.07) is 0. The summed E-state index contributed by atoms with van der Waals surface area (Å²) < 4.78 is 11.9. The van der Waals surface area contributed by atoms with Crippen molar-refractivity contribution in [2.45, 2.75) is 101 Å². The van der Waals surface area contributed by atoms with Gasteiger partial charge in [-0.15, -0.1) is 0 Å². The van der Waals surface area contributed by atoms with Crippen LogP contribution in [0, 0.1) is 0 Å². The first-order valence-corrected chi connectivity index (χ1v) is 9.25. The molecular formula is C18H34O7. The Hall–Kier alpha value is -0.570. The molecule has 7 heteroatoms. The molecule has 1 rings (SSSR count). The third-order valence-corrected chi connectivity index (χ3v) is 4.87. The van der Waals surface area contributed by atoms with Gasteiger partial charge in [0.1, 0.15) is 18.3 Å². The van der Waals surface area contributed by atoms with E-state index in [1.165, 1.54) is 0 Å². The van der Waals surface area contributed by atoms with Gasteiger partial charge in [-0.05, 0) is 6.42 Å². The maximum absolute atomic E-state index is 12.3. The summed E-state index contributed by atoms with van der Waals surface area (Å²) in [5.41, 5.74) is -2.54. The first kappa shape index (κ1) is 20.7. The number of Topliss-reactive ketones (excluding diaryl/α,β-unsaturated/α-hetero) is 1. The van der Waals surface area contributed by atoms with Gasteiger partial charge in [0.05, 0.1) is 6.61 Å². The number of aliphatic hydroxyl groups is 5. The van der Waals surface area contributed by atoms with Crippen LogP contribution in [0.2, 0.25) is 0 Å². The Morgan fingerprint density at radius 3 is 2.12 bits per heavy atom. The average Bonchev–Trinajstić information content (AvgIpc) is 2.64. The van der Waals surface area contributed by atoms with E-state index in [0.717, 1.165) is 51.4 Å². The number of ether oxygens (including phenoxy) is 1. The number of rotatable bonds is 12. The fourth-order valence-corrected chi connectivity index (χ4v) is 3.20. The van der Waals surface area contributed by atoms with Crippen LogP contribution in [0.5, 0.6) is 0 Å². The third-order valence-electron chi connectivity index (χ3n) is 4.87. The first-order chi connectivity index (χ1) is 12.4. The van der Waals surface area contributed by atoms with Gasteiger partial charge in [0.15, 0.2) is 17.7 Å². The molecule has 5 atom stereocenters. The van der Waals surface area contributed by atoms with Crippen molar-refractivity contribution in [3.8, 4) is 0 Å². The Morgan fingerprint density at radius 1 is 1.00 bits per heavy atom. The fraction of sp³-hybridized carbons (Fsp3) is 0.944. The van der Waals surface area contributed by atoms with Crippen molar-refractivity contribution >= 4 is 5.78 Å². The molecule has 0 radical (unpaired) electrons. The summed E-state index contributed by atoms with van der Waals surface area (Å²) in [6.45, 7) is -0.200. The molecule has 1 heterocycles. The van der Waals surface area contributed by atoms with Gasteiger partial charge < -0.3 is 30.3 Å². The van der Waals surface area contributed by atoms with E-state index in [2.05, 4.69) is 0 Å². The molecule has 0 amide bonds. The maximum Gasteiger partial charge on any atom is 0.184 e. The van der Waals surface area contributed by atoms with Gasteiger partial charge in [0.2, 0.25) is 0 Å². The predicted octanol–water partition coefficient (Wildman–Crippen LogP) is 0.639. The van der Waals surface area contributed by atoms with Crippen molar-refractivity contribution in [3.63, 3.8) is 0 Å². The van der Waals surface area contributed by atoms with Crippen LogP contribution in [0.3, 0.4) is 0 Å². The van der Waals surface area contributed by atoms with Gasteiger partial charge in [-0.25, -0.2) is 0 Å². The lowest BCUT2D eigenvalue weighted by Crippen LogP contribution is -2.70. The Labute approximate surface area is 151 Å². The van der Waals surface area contributed by atoms with Crippen LogP contribution in [-0.4, -0.2) is 68.1 Å². The van der Waals surface area contributed by atoms with Crippen LogP contribution < -0.4 is 0 Å². The van der Waals surface area contributed by atoms with E-state index in [1.54, 1.807) is 0 Å². The second-order valence-electron chi connectivity index (χ2n) is 6.82. The highest BCUT2D eigenvalue weighted by Crippen LogP contribution is 2.31. The summed E-state index contributed by atoms with van der Waals surface area (Å²) in [7, 11) is 0. The highest BCUT2D eigenvalue weighted by molar-refractivity contribution is 5.88. The Kier molecular flexibility index (Phi) is 9.30. The number of carbonyl (C=O) groups is 1. The van der Waals surface area contributed by atoms with E-state index in [1.807, 2.05) is 0 Å². The molecule has 1 aliphatic heterocycles. The third kappa shape index (κ3) is 5.98. The van der Waals surface area contributed by atoms with E-state index in [9.17, 15) is 25.2 Å². The second kappa shape index (κ2) is 11.2. The molecule has 0 aromatic carbocycles. The SMILES string of the molecule is [2H]CCCCCCCCCCCC(=O)[C@@]1(O)[C@H](O)[C@@H](CO)OC(O)[C@@H]1O. The first-order valence-electron chi connectivity index (χ1n) is 9.95. The van der Waals surface area contributed by atoms with E-state index >= 15 is 0 Å². The zero-order valence-corrected chi connectivity index (χ0v) is 14.8. The van der Waals surface area contributed by atoms with Crippen LogP contribution in [-0.2, 0) is 9.53 Å². The maximum atomic E-state index is 12.3. The van der Waals surface area contributed by atoms with Gasteiger partial charge >= 0.3 is 0 Å². The van der Waals surface area contributed by atoms with E-state index in [4.69, 9.17) is 11.2 Å². The zero-order chi connectivity index (χ0) is 19.6. The molecule has 148 valence electrons. The second-order valence-corrected chi connectivity index (χ2v) is 6.82. The largest absolute Gasteiger partial charge is 0.394 e. The minimum atomic E-state index is -2.54. The number of hydrogen-bond acceptors (Lipinski definition) is 7. The van der Waals surface area contributed by atoms with Gasteiger partial charge in [0.25, 0.3) is 0 Å².